The lowest BCUT2D eigenvalue weighted by molar-refractivity contribution is -0.384. The predicted molar refractivity (Wildman–Crippen MR) is 95.3 cm³/mol. The largest absolute Gasteiger partial charge is 0.333 e. The smallest absolute Gasteiger partial charge is 0.268 e. The number of benzene rings is 1. The molecule has 3 rings (SSSR count). The van der Waals surface area contributed by atoms with E-state index in [1.165, 1.54) is 43.6 Å². The molecule has 132 valence electrons. The van der Waals surface area contributed by atoms with Crippen molar-refractivity contribution < 1.29 is 19.3 Å². The minimum Gasteiger partial charge on any atom is -0.268 e. The molecule has 0 atom stereocenters. The van der Waals surface area contributed by atoms with Gasteiger partial charge in [-0.05, 0) is 35.9 Å². The van der Waals surface area contributed by atoms with Crippen LogP contribution in [0.5, 0.6) is 0 Å². The van der Waals surface area contributed by atoms with Crippen molar-refractivity contribution in [2.45, 2.75) is 0 Å². The number of rotatable bonds is 3. The third kappa shape index (κ3) is 3.00. The van der Waals surface area contributed by atoms with Crippen LogP contribution in [0.3, 0.4) is 0 Å². The fraction of sp³-hybridized carbons (Fsp3) is 0.118. The molecule has 1 aliphatic heterocycles. The number of amides is 4. The Balaban J connectivity index is 1.91. The molecule has 26 heavy (non-hydrogen) atoms. The number of hydrogen-bond donors (Lipinski definition) is 0. The Morgan fingerprint density at radius 2 is 1.54 bits per heavy atom. The van der Waals surface area contributed by atoms with E-state index in [-0.39, 0.29) is 11.3 Å². The maximum Gasteiger partial charge on any atom is 0.333 e. The number of nitrogens with zero attached hydrogens (tertiary/aromatic N) is 3. The summed E-state index contributed by atoms with van der Waals surface area (Å²) in [5, 5.41) is 10.7. The number of likely N-dealkylation sites (N-methyl/N-ethyl adjacent to an activating group) is 2. The van der Waals surface area contributed by atoms with Gasteiger partial charge in [-0.3, -0.25) is 29.5 Å². The molecule has 4 amide bonds. The van der Waals surface area contributed by atoms with E-state index in [0.717, 1.165) is 20.2 Å². The molecule has 0 bridgehead atoms. The first-order valence-corrected chi connectivity index (χ1v) is 8.27. The molecular formula is C17H13N3O5S. The van der Waals surface area contributed by atoms with Crippen molar-refractivity contribution >= 4 is 40.9 Å². The molecule has 0 unspecified atom stereocenters. The van der Waals surface area contributed by atoms with E-state index in [2.05, 4.69) is 0 Å². The second-order valence-corrected chi connectivity index (χ2v) is 6.69. The van der Waals surface area contributed by atoms with Gasteiger partial charge in [-0.2, -0.15) is 0 Å². The normalized spacial score (nSPS) is 14.8. The topological polar surface area (TPSA) is 101 Å². The second kappa shape index (κ2) is 6.52. The van der Waals surface area contributed by atoms with Crippen molar-refractivity contribution in [2.75, 3.05) is 14.1 Å². The predicted octanol–water partition coefficient (Wildman–Crippen LogP) is 2.76. The third-order valence-corrected chi connectivity index (χ3v) is 5.00. The van der Waals surface area contributed by atoms with Gasteiger partial charge in [0.25, 0.3) is 17.5 Å². The summed E-state index contributed by atoms with van der Waals surface area (Å²) < 4.78 is 0. The fourth-order valence-electron chi connectivity index (χ4n) is 2.45. The van der Waals surface area contributed by atoms with Crippen LogP contribution in [0.15, 0.2) is 42.0 Å². The average molecular weight is 371 g/mol. The van der Waals surface area contributed by atoms with Crippen molar-refractivity contribution in [2.24, 2.45) is 0 Å². The van der Waals surface area contributed by atoms with E-state index < -0.39 is 22.8 Å². The summed E-state index contributed by atoms with van der Waals surface area (Å²) in [6.45, 7) is 0. The summed E-state index contributed by atoms with van der Waals surface area (Å²) in [6.07, 6.45) is 1.45. The van der Waals surface area contributed by atoms with Crippen LogP contribution < -0.4 is 0 Å². The van der Waals surface area contributed by atoms with Crippen LogP contribution in [0.25, 0.3) is 16.5 Å². The molecule has 0 saturated carbocycles. The number of hydrogen-bond acceptors (Lipinski definition) is 6. The first kappa shape index (κ1) is 17.5. The van der Waals surface area contributed by atoms with Gasteiger partial charge >= 0.3 is 6.03 Å². The molecule has 9 heteroatoms. The van der Waals surface area contributed by atoms with Gasteiger partial charge in [-0.25, -0.2) is 4.79 Å². The average Bonchev–Trinajstić information content (AvgIpc) is 3.10. The van der Waals surface area contributed by atoms with Crippen molar-refractivity contribution in [1.82, 2.24) is 9.80 Å². The van der Waals surface area contributed by atoms with Crippen LogP contribution in [0.2, 0.25) is 0 Å². The van der Waals surface area contributed by atoms with Gasteiger partial charge in [0, 0.05) is 36.0 Å². The first-order valence-electron chi connectivity index (χ1n) is 7.46. The summed E-state index contributed by atoms with van der Waals surface area (Å²) >= 11 is 1.33. The molecule has 2 heterocycles. The molecule has 1 aliphatic rings. The Labute approximate surface area is 152 Å². The Morgan fingerprint density at radius 3 is 2.08 bits per heavy atom. The number of urea groups is 1. The lowest BCUT2D eigenvalue weighted by Gasteiger charge is -2.28. The zero-order valence-electron chi connectivity index (χ0n) is 13.8. The highest BCUT2D eigenvalue weighted by Gasteiger charge is 2.37. The third-order valence-electron chi connectivity index (χ3n) is 3.92. The second-order valence-electron chi connectivity index (χ2n) is 5.57. The maximum atomic E-state index is 12.2. The van der Waals surface area contributed by atoms with Gasteiger partial charge in [0.1, 0.15) is 5.57 Å². The molecule has 0 radical (unpaired) electrons. The Hall–Kier alpha value is -3.33. The van der Waals surface area contributed by atoms with E-state index in [0.29, 0.717) is 4.88 Å². The minimum atomic E-state index is -0.671. The highest BCUT2D eigenvalue weighted by molar-refractivity contribution is 7.16. The lowest BCUT2D eigenvalue weighted by atomic mass is 10.1. The lowest BCUT2D eigenvalue weighted by Crippen LogP contribution is -2.52. The van der Waals surface area contributed by atoms with Crippen LogP contribution in [-0.4, -0.2) is 46.7 Å². The Morgan fingerprint density at radius 1 is 0.962 bits per heavy atom. The molecular weight excluding hydrogens is 358 g/mol. The van der Waals surface area contributed by atoms with E-state index in [9.17, 15) is 24.5 Å². The van der Waals surface area contributed by atoms with Gasteiger partial charge in [0.2, 0.25) is 0 Å². The maximum absolute atomic E-state index is 12.2. The van der Waals surface area contributed by atoms with Crippen LogP contribution in [-0.2, 0) is 9.59 Å². The summed E-state index contributed by atoms with van der Waals surface area (Å²) in [7, 11) is 2.64. The number of nitro benzene ring substituents is 1. The highest BCUT2D eigenvalue weighted by atomic mass is 32.1. The van der Waals surface area contributed by atoms with Crippen LogP contribution in [0, 0.1) is 10.1 Å². The quantitative estimate of drug-likeness (QED) is 0.357. The molecule has 1 saturated heterocycles. The standard InChI is InChI=1S/C17H13N3O5S/c1-18-15(21)13(16(22)19(2)17(18)23)9-12-7-8-14(26-12)10-3-5-11(6-4-10)20(24)25/h3-9H,1-2H3. The van der Waals surface area contributed by atoms with E-state index >= 15 is 0 Å². The fourth-order valence-corrected chi connectivity index (χ4v) is 3.41. The summed E-state index contributed by atoms with van der Waals surface area (Å²) in [4.78, 5) is 49.7. The van der Waals surface area contributed by atoms with Gasteiger partial charge in [-0.1, -0.05) is 0 Å². The van der Waals surface area contributed by atoms with E-state index in [1.807, 2.05) is 0 Å². The highest BCUT2D eigenvalue weighted by Crippen LogP contribution is 2.31. The number of non-ortho nitro benzene ring substituents is 1. The molecule has 1 fully saturated rings. The minimum absolute atomic E-state index is 0.00166. The molecule has 2 aromatic rings. The number of barbiturate groups is 1. The SMILES string of the molecule is CN1C(=O)C(=Cc2ccc(-c3ccc([N+](=O)[O-])cc3)s2)C(=O)N(C)C1=O. The monoisotopic (exact) mass is 371 g/mol. The number of imide groups is 2. The van der Waals surface area contributed by atoms with Crippen molar-refractivity contribution in [3.05, 3.63) is 57.0 Å². The molecule has 0 aliphatic carbocycles. The van der Waals surface area contributed by atoms with Crippen LogP contribution in [0.1, 0.15) is 4.88 Å². The van der Waals surface area contributed by atoms with Crippen molar-refractivity contribution in [3.8, 4) is 10.4 Å². The number of carbonyl (C=O) groups is 3. The molecule has 0 spiro atoms. The van der Waals surface area contributed by atoms with Crippen LogP contribution in [0.4, 0.5) is 10.5 Å². The molecule has 0 N–H and O–H groups in total. The summed E-state index contributed by atoms with van der Waals surface area (Å²) in [6, 6.07) is 8.97. The Bertz CT molecular complexity index is 935. The van der Waals surface area contributed by atoms with Crippen molar-refractivity contribution in [1.29, 1.82) is 0 Å². The molecule has 1 aromatic heterocycles. The summed E-state index contributed by atoms with van der Waals surface area (Å²) in [5.41, 5.74) is 0.699. The Kier molecular flexibility index (Phi) is 4.39. The van der Waals surface area contributed by atoms with Gasteiger partial charge in [0.15, 0.2) is 0 Å². The first-order chi connectivity index (χ1) is 12.3. The van der Waals surface area contributed by atoms with E-state index in [1.54, 1.807) is 24.3 Å². The number of carbonyl (C=O) groups excluding carboxylic acids is 3. The van der Waals surface area contributed by atoms with Gasteiger partial charge in [0.05, 0.1) is 4.92 Å². The summed E-state index contributed by atoms with van der Waals surface area (Å²) in [5.74, 6) is -1.30. The number of nitro groups is 1. The van der Waals surface area contributed by atoms with Crippen molar-refractivity contribution in [3.63, 3.8) is 0 Å². The van der Waals surface area contributed by atoms with E-state index in [4.69, 9.17) is 0 Å². The molecule has 1 aromatic carbocycles. The zero-order valence-corrected chi connectivity index (χ0v) is 14.6. The van der Waals surface area contributed by atoms with Gasteiger partial charge in [-0.15, -0.1) is 11.3 Å². The van der Waals surface area contributed by atoms with Crippen LogP contribution >= 0.6 is 11.3 Å². The van der Waals surface area contributed by atoms with Gasteiger partial charge < -0.3 is 0 Å². The molecule has 8 nitrogen and oxygen atoms in total. The zero-order chi connectivity index (χ0) is 19.0. The number of thiophene rings is 1.